The summed E-state index contributed by atoms with van der Waals surface area (Å²) in [5.74, 6) is 1.07. The minimum Gasteiger partial charge on any atom is -0.267 e. The van der Waals surface area contributed by atoms with Crippen molar-refractivity contribution in [2.24, 2.45) is 16.9 Å². The van der Waals surface area contributed by atoms with Crippen molar-refractivity contribution in [3.05, 3.63) is 33.8 Å². The predicted octanol–water partition coefficient (Wildman–Crippen LogP) is 3.90. The van der Waals surface area contributed by atoms with Gasteiger partial charge in [0.1, 0.15) is 0 Å². The Morgan fingerprint density at radius 2 is 2.16 bits per heavy atom. The number of hydrogen-bond donors (Lipinski definition) is 1. The van der Waals surface area contributed by atoms with Gasteiger partial charge in [-0.15, -0.1) is 0 Å². The standard InChI is InChI=1S/C14H14Cl2N2O/c15-10-3-4-11(12(16)7-10)14(19)18-17-13-6-8-1-2-9(13)5-8/h3-4,7-9H,1-2,5-6H2,(H,18,19)/b17-13-/t8-,9+/m0/s1. The Labute approximate surface area is 122 Å². The smallest absolute Gasteiger partial charge is 0.267 e. The lowest BCUT2D eigenvalue weighted by molar-refractivity contribution is 0.0954. The number of carbonyl (C=O) groups is 1. The molecule has 2 saturated carbocycles. The van der Waals surface area contributed by atoms with Crippen LogP contribution in [0.1, 0.15) is 36.0 Å². The van der Waals surface area contributed by atoms with E-state index in [1.165, 1.54) is 19.3 Å². The highest BCUT2D eigenvalue weighted by atomic mass is 35.5. The minimum atomic E-state index is -0.281. The van der Waals surface area contributed by atoms with E-state index in [1.54, 1.807) is 18.2 Å². The lowest BCUT2D eigenvalue weighted by Gasteiger charge is -2.11. The van der Waals surface area contributed by atoms with Crippen LogP contribution < -0.4 is 5.43 Å². The fourth-order valence-electron chi connectivity index (χ4n) is 3.02. The van der Waals surface area contributed by atoms with Gasteiger partial charge in [0, 0.05) is 10.7 Å². The summed E-state index contributed by atoms with van der Waals surface area (Å²) < 4.78 is 0. The van der Waals surface area contributed by atoms with Crippen LogP contribution in [0.25, 0.3) is 0 Å². The Balaban J connectivity index is 1.70. The predicted molar refractivity (Wildman–Crippen MR) is 76.8 cm³/mol. The molecule has 1 aromatic carbocycles. The van der Waals surface area contributed by atoms with Gasteiger partial charge in [0.2, 0.25) is 0 Å². The lowest BCUT2D eigenvalue weighted by Crippen LogP contribution is -2.22. The van der Waals surface area contributed by atoms with Crippen molar-refractivity contribution in [2.45, 2.75) is 25.7 Å². The molecule has 2 fully saturated rings. The van der Waals surface area contributed by atoms with Gasteiger partial charge < -0.3 is 0 Å². The zero-order valence-corrected chi connectivity index (χ0v) is 11.8. The van der Waals surface area contributed by atoms with Gasteiger partial charge in [0.05, 0.1) is 10.6 Å². The van der Waals surface area contributed by atoms with E-state index in [4.69, 9.17) is 23.2 Å². The summed E-state index contributed by atoms with van der Waals surface area (Å²) in [6.45, 7) is 0. The Bertz CT molecular complexity index is 556. The molecule has 0 radical (unpaired) electrons. The number of hydrogen-bond acceptors (Lipinski definition) is 2. The van der Waals surface area contributed by atoms with E-state index in [2.05, 4.69) is 10.5 Å². The van der Waals surface area contributed by atoms with Gasteiger partial charge in [-0.25, -0.2) is 5.43 Å². The molecule has 1 amide bonds. The molecule has 0 aromatic heterocycles. The number of benzene rings is 1. The fourth-order valence-corrected chi connectivity index (χ4v) is 3.51. The van der Waals surface area contributed by atoms with Crippen molar-refractivity contribution < 1.29 is 4.79 Å². The van der Waals surface area contributed by atoms with Crippen molar-refractivity contribution in [3.8, 4) is 0 Å². The molecule has 2 atom stereocenters. The topological polar surface area (TPSA) is 41.5 Å². The van der Waals surface area contributed by atoms with Gasteiger partial charge in [0.25, 0.3) is 5.91 Å². The van der Waals surface area contributed by atoms with Crippen LogP contribution in [-0.4, -0.2) is 11.6 Å². The van der Waals surface area contributed by atoms with Crippen LogP contribution >= 0.6 is 23.2 Å². The van der Waals surface area contributed by atoms with Crippen molar-refractivity contribution >= 4 is 34.8 Å². The Kier molecular flexibility index (Phi) is 3.50. The zero-order valence-electron chi connectivity index (χ0n) is 10.3. The lowest BCUT2D eigenvalue weighted by atomic mass is 9.99. The molecule has 3 rings (SSSR count). The SMILES string of the molecule is O=C(N/N=C1/C[C@H]2CC[C@@H]1C2)c1ccc(Cl)cc1Cl. The van der Waals surface area contributed by atoms with Gasteiger partial charge in [-0.2, -0.15) is 5.10 Å². The quantitative estimate of drug-likeness (QED) is 0.826. The number of fused-ring (bicyclic) bond motifs is 2. The first-order valence-electron chi connectivity index (χ1n) is 6.45. The summed E-state index contributed by atoms with van der Waals surface area (Å²) in [6, 6.07) is 4.82. The summed E-state index contributed by atoms with van der Waals surface area (Å²) in [6.07, 6.45) is 4.78. The number of rotatable bonds is 2. The first-order chi connectivity index (χ1) is 9.13. The first kappa shape index (κ1) is 12.9. The van der Waals surface area contributed by atoms with E-state index in [-0.39, 0.29) is 5.91 Å². The maximum Gasteiger partial charge on any atom is 0.272 e. The number of nitrogens with zero attached hydrogens (tertiary/aromatic N) is 1. The van der Waals surface area contributed by atoms with Crippen LogP contribution in [0.2, 0.25) is 10.0 Å². The summed E-state index contributed by atoms with van der Waals surface area (Å²) in [5.41, 5.74) is 4.14. The molecule has 0 spiro atoms. The van der Waals surface area contributed by atoms with Gasteiger partial charge in [-0.3, -0.25) is 4.79 Å². The number of halogens is 2. The van der Waals surface area contributed by atoms with Gasteiger partial charge in [-0.1, -0.05) is 23.2 Å². The molecule has 2 bridgehead atoms. The van der Waals surface area contributed by atoms with Gasteiger partial charge in [0.15, 0.2) is 0 Å². The second-order valence-corrected chi connectivity index (χ2v) is 6.09. The molecule has 19 heavy (non-hydrogen) atoms. The molecule has 2 aliphatic rings. The van der Waals surface area contributed by atoms with E-state index in [0.717, 1.165) is 18.1 Å². The highest BCUT2D eigenvalue weighted by Gasteiger charge is 2.36. The summed E-state index contributed by atoms with van der Waals surface area (Å²) in [7, 11) is 0. The van der Waals surface area contributed by atoms with Gasteiger partial charge >= 0.3 is 0 Å². The van der Waals surface area contributed by atoms with Crippen LogP contribution in [0.5, 0.6) is 0 Å². The Morgan fingerprint density at radius 1 is 1.32 bits per heavy atom. The molecule has 1 N–H and O–H groups in total. The average Bonchev–Trinajstić information content (AvgIpc) is 2.98. The molecule has 0 unspecified atom stereocenters. The Morgan fingerprint density at radius 3 is 2.79 bits per heavy atom. The molecule has 0 heterocycles. The minimum absolute atomic E-state index is 0.281. The average molecular weight is 297 g/mol. The number of hydrazone groups is 1. The van der Waals surface area contributed by atoms with Crippen molar-refractivity contribution in [3.63, 3.8) is 0 Å². The molecule has 3 nitrogen and oxygen atoms in total. The molecule has 100 valence electrons. The van der Waals surface area contributed by atoms with Crippen molar-refractivity contribution in [1.82, 2.24) is 5.43 Å². The van der Waals surface area contributed by atoms with E-state index >= 15 is 0 Å². The zero-order chi connectivity index (χ0) is 13.4. The van der Waals surface area contributed by atoms with Crippen LogP contribution in [0, 0.1) is 11.8 Å². The molecular formula is C14H14Cl2N2O. The largest absolute Gasteiger partial charge is 0.272 e. The van der Waals surface area contributed by atoms with E-state index < -0.39 is 0 Å². The van der Waals surface area contributed by atoms with Crippen LogP contribution in [0.3, 0.4) is 0 Å². The number of nitrogens with one attached hydrogen (secondary N) is 1. The van der Waals surface area contributed by atoms with Crippen LogP contribution in [0.15, 0.2) is 23.3 Å². The normalized spacial score (nSPS) is 26.9. The third-order valence-electron chi connectivity index (χ3n) is 3.99. The van der Waals surface area contributed by atoms with Crippen LogP contribution in [0.4, 0.5) is 0 Å². The second kappa shape index (κ2) is 5.14. The second-order valence-electron chi connectivity index (χ2n) is 5.25. The highest BCUT2D eigenvalue weighted by Crippen LogP contribution is 2.42. The van der Waals surface area contributed by atoms with E-state index in [1.807, 2.05) is 0 Å². The molecular weight excluding hydrogens is 283 g/mol. The maximum absolute atomic E-state index is 12.0. The van der Waals surface area contributed by atoms with Crippen molar-refractivity contribution in [1.29, 1.82) is 0 Å². The van der Waals surface area contributed by atoms with Crippen LogP contribution in [-0.2, 0) is 0 Å². The van der Waals surface area contributed by atoms with E-state index in [0.29, 0.717) is 21.5 Å². The third kappa shape index (κ3) is 2.63. The highest BCUT2D eigenvalue weighted by molar-refractivity contribution is 6.36. The Hall–Kier alpha value is -1.06. The number of carbonyl (C=O) groups excluding carboxylic acids is 1. The molecule has 0 saturated heterocycles. The summed E-state index contributed by atoms with van der Waals surface area (Å²) in [4.78, 5) is 12.0. The third-order valence-corrected chi connectivity index (χ3v) is 4.53. The maximum atomic E-state index is 12.0. The van der Waals surface area contributed by atoms with E-state index in [9.17, 15) is 4.79 Å². The molecule has 1 aromatic rings. The fraction of sp³-hybridized carbons (Fsp3) is 0.429. The number of amides is 1. The first-order valence-corrected chi connectivity index (χ1v) is 7.21. The van der Waals surface area contributed by atoms with Crippen molar-refractivity contribution in [2.75, 3.05) is 0 Å². The summed E-state index contributed by atoms with van der Waals surface area (Å²) in [5, 5.41) is 5.13. The van der Waals surface area contributed by atoms with Gasteiger partial charge in [-0.05, 0) is 55.7 Å². The molecule has 2 aliphatic carbocycles. The molecule has 5 heteroatoms. The molecule has 0 aliphatic heterocycles. The monoisotopic (exact) mass is 296 g/mol. The summed E-state index contributed by atoms with van der Waals surface area (Å²) >= 11 is 11.8.